The summed E-state index contributed by atoms with van der Waals surface area (Å²) in [4.78, 5) is 31.6. The summed E-state index contributed by atoms with van der Waals surface area (Å²) in [5.41, 5.74) is 1.07. The third-order valence-corrected chi connectivity index (χ3v) is 6.13. The molecular formula is C20H17N3O4S2. The minimum atomic E-state index is -0.368. The van der Waals surface area contributed by atoms with Crippen molar-refractivity contribution < 1.29 is 14.3 Å². The number of hydrogen-bond donors (Lipinski definition) is 1. The number of anilines is 1. The van der Waals surface area contributed by atoms with E-state index >= 15 is 0 Å². The number of fused-ring (bicyclic) bond motifs is 1. The third kappa shape index (κ3) is 3.74. The number of nitrogens with one attached hydrogen (secondary N) is 1. The van der Waals surface area contributed by atoms with Crippen molar-refractivity contribution >= 4 is 44.5 Å². The molecule has 3 aromatic heterocycles. The topological polar surface area (TPSA) is 82.4 Å². The van der Waals surface area contributed by atoms with Gasteiger partial charge in [0.25, 0.3) is 5.56 Å². The predicted molar refractivity (Wildman–Crippen MR) is 115 cm³/mol. The van der Waals surface area contributed by atoms with Crippen LogP contribution >= 0.6 is 22.7 Å². The van der Waals surface area contributed by atoms with Crippen LogP contribution in [0.3, 0.4) is 0 Å². The number of benzene rings is 1. The van der Waals surface area contributed by atoms with Crippen LogP contribution in [0.2, 0.25) is 0 Å². The minimum Gasteiger partial charge on any atom is -0.497 e. The Hall–Kier alpha value is -3.17. The molecule has 1 amide bonds. The van der Waals surface area contributed by atoms with E-state index in [0.717, 1.165) is 10.4 Å². The standard InChI is InChI=1S/C20H17N3O4S2/c1-26-12-5-6-15(27-2)14(8-12)22-17(24)9-23-11-21-19-18(20(23)25)13(10-29-19)16-4-3-7-28-16/h3-8,10-11H,9H2,1-2H3,(H,22,24). The summed E-state index contributed by atoms with van der Waals surface area (Å²) in [6, 6.07) is 9.00. The molecule has 7 nitrogen and oxygen atoms in total. The first-order chi connectivity index (χ1) is 14.1. The van der Waals surface area contributed by atoms with Gasteiger partial charge in [-0.25, -0.2) is 4.98 Å². The first kappa shape index (κ1) is 19.2. The molecule has 0 radical (unpaired) electrons. The van der Waals surface area contributed by atoms with E-state index in [1.54, 1.807) is 36.6 Å². The Morgan fingerprint density at radius 2 is 2.07 bits per heavy atom. The number of carbonyl (C=O) groups excluding carboxylic acids is 1. The predicted octanol–water partition coefficient (Wildman–Crippen LogP) is 3.84. The summed E-state index contributed by atoms with van der Waals surface area (Å²) >= 11 is 2.98. The number of rotatable bonds is 6. The molecule has 0 aliphatic carbocycles. The maximum Gasteiger partial charge on any atom is 0.263 e. The van der Waals surface area contributed by atoms with Crippen molar-refractivity contribution in [1.82, 2.24) is 9.55 Å². The number of methoxy groups -OCH3 is 2. The zero-order valence-corrected chi connectivity index (χ0v) is 17.3. The Bertz CT molecular complexity index is 1230. The lowest BCUT2D eigenvalue weighted by molar-refractivity contribution is -0.116. The maximum atomic E-state index is 13.0. The average molecular weight is 428 g/mol. The molecule has 4 aromatic rings. The SMILES string of the molecule is COc1ccc(OC)c(NC(=O)Cn2cnc3scc(-c4cccs4)c3c2=O)c1. The van der Waals surface area contributed by atoms with E-state index in [0.29, 0.717) is 27.4 Å². The monoisotopic (exact) mass is 427 g/mol. The highest BCUT2D eigenvalue weighted by molar-refractivity contribution is 7.18. The first-order valence-electron chi connectivity index (χ1n) is 8.63. The highest BCUT2D eigenvalue weighted by Gasteiger charge is 2.16. The molecule has 29 heavy (non-hydrogen) atoms. The van der Waals surface area contributed by atoms with Crippen molar-refractivity contribution in [1.29, 1.82) is 0 Å². The van der Waals surface area contributed by atoms with Gasteiger partial charge in [0.1, 0.15) is 22.9 Å². The number of amides is 1. The number of thiophene rings is 2. The van der Waals surface area contributed by atoms with E-state index in [-0.39, 0.29) is 18.0 Å². The van der Waals surface area contributed by atoms with Crippen LogP contribution in [-0.2, 0) is 11.3 Å². The summed E-state index contributed by atoms with van der Waals surface area (Å²) in [7, 11) is 3.06. The molecule has 0 aliphatic heterocycles. The van der Waals surface area contributed by atoms with Gasteiger partial charge >= 0.3 is 0 Å². The first-order valence-corrected chi connectivity index (χ1v) is 10.4. The molecule has 9 heteroatoms. The van der Waals surface area contributed by atoms with Gasteiger partial charge in [0.15, 0.2) is 0 Å². The van der Waals surface area contributed by atoms with E-state index in [1.165, 1.54) is 29.3 Å². The second-order valence-electron chi connectivity index (χ2n) is 6.10. The second-order valence-corrected chi connectivity index (χ2v) is 7.90. The van der Waals surface area contributed by atoms with Gasteiger partial charge in [-0.1, -0.05) is 6.07 Å². The van der Waals surface area contributed by atoms with Crippen LogP contribution in [0.15, 0.2) is 52.2 Å². The molecule has 0 spiro atoms. The lowest BCUT2D eigenvalue weighted by Gasteiger charge is -2.12. The quantitative estimate of drug-likeness (QED) is 0.506. The zero-order valence-electron chi connectivity index (χ0n) is 15.7. The van der Waals surface area contributed by atoms with E-state index in [9.17, 15) is 9.59 Å². The van der Waals surface area contributed by atoms with Crippen LogP contribution in [0, 0.1) is 0 Å². The summed E-state index contributed by atoms with van der Waals surface area (Å²) in [5, 5.41) is 7.19. The number of hydrogen-bond acceptors (Lipinski definition) is 7. The maximum absolute atomic E-state index is 13.0. The van der Waals surface area contributed by atoms with Crippen molar-refractivity contribution in [2.75, 3.05) is 19.5 Å². The van der Waals surface area contributed by atoms with Crippen molar-refractivity contribution in [3.63, 3.8) is 0 Å². The lowest BCUT2D eigenvalue weighted by atomic mass is 10.2. The Labute approximate surface area is 174 Å². The van der Waals surface area contributed by atoms with E-state index in [2.05, 4.69) is 10.3 Å². The Morgan fingerprint density at radius 3 is 2.79 bits per heavy atom. The molecule has 0 saturated carbocycles. The third-order valence-electron chi connectivity index (χ3n) is 4.34. The number of carbonyl (C=O) groups is 1. The fraction of sp³-hybridized carbons (Fsp3) is 0.150. The zero-order chi connectivity index (χ0) is 20.4. The van der Waals surface area contributed by atoms with Crippen LogP contribution in [0.1, 0.15) is 0 Å². The van der Waals surface area contributed by atoms with Gasteiger partial charge in [0.05, 0.1) is 31.6 Å². The van der Waals surface area contributed by atoms with Crippen molar-refractivity contribution in [3.05, 3.63) is 57.8 Å². The van der Waals surface area contributed by atoms with Gasteiger partial charge < -0.3 is 14.8 Å². The largest absolute Gasteiger partial charge is 0.497 e. The van der Waals surface area contributed by atoms with Gasteiger partial charge in [0.2, 0.25) is 5.91 Å². The van der Waals surface area contributed by atoms with Crippen LogP contribution in [0.25, 0.3) is 20.7 Å². The van der Waals surface area contributed by atoms with Crippen molar-refractivity contribution in [2.45, 2.75) is 6.54 Å². The lowest BCUT2D eigenvalue weighted by Crippen LogP contribution is -2.27. The van der Waals surface area contributed by atoms with E-state index in [4.69, 9.17) is 9.47 Å². The summed E-state index contributed by atoms with van der Waals surface area (Å²) in [6.45, 7) is -0.165. The average Bonchev–Trinajstić information content (AvgIpc) is 3.39. The molecule has 0 bridgehead atoms. The Morgan fingerprint density at radius 1 is 1.21 bits per heavy atom. The number of ether oxygens (including phenoxy) is 2. The molecule has 0 fully saturated rings. The van der Waals surface area contributed by atoms with Gasteiger partial charge in [-0.15, -0.1) is 22.7 Å². The fourth-order valence-corrected chi connectivity index (χ4v) is 4.67. The van der Waals surface area contributed by atoms with Crippen LogP contribution in [0.4, 0.5) is 5.69 Å². The highest BCUT2D eigenvalue weighted by Crippen LogP contribution is 2.33. The minimum absolute atomic E-state index is 0.165. The van der Waals surface area contributed by atoms with Crippen LogP contribution < -0.4 is 20.3 Å². The molecule has 4 rings (SSSR count). The highest BCUT2D eigenvalue weighted by atomic mass is 32.1. The van der Waals surface area contributed by atoms with Gasteiger partial charge in [-0.05, 0) is 23.6 Å². The number of nitrogens with zero attached hydrogens (tertiary/aromatic N) is 2. The molecule has 1 aromatic carbocycles. The van der Waals surface area contributed by atoms with Crippen molar-refractivity contribution in [2.24, 2.45) is 0 Å². The summed E-state index contributed by atoms with van der Waals surface area (Å²) < 4.78 is 11.8. The molecular weight excluding hydrogens is 410 g/mol. The molecule has 0 aliphatic rings. The summed E-state index contributed by atoms with van der Waals surface area (Å²) in [6.07, 6.45) is 1.40. The molecule has 1 N–H and O–H groups in total. The van der Waals surface area contributed by atoms with Crippen LogP contribution in [-0.4, -0.2) is 29.7 Å². The van der Waals surface area contributed by atoms with Gasteiger partial charge in [-0.3, -0.25) is 14.2 Å². The second kappa shape index (κ2) is 8.06. The Balaban J connectivity index is 1.63. The van der Waals surface area contributed by atoms with Gasteiger partial charge in [0, 0.05) is 21.9 Å². The summed E-state index contributed by atoms with van der Waals surface area (Å²) in [5.74, 6) is 0.714. The van der Waals surface area contributed by atoms with Crippen molar-refractivity contribution in [3.8, 4) is 21.9 Å². The molecule has 0 atom stereocenters. The smallest absolute Gasteiger partial charge is 0.263 e. The molecule has 3 heterocycles. The number of aromatic nitrogens is 2. The molecule has 0 unspecified atom stereocenters. The normalized spacial score (nSPS) is 10.8. The van der Waals surface area contributed by atoms with Gasteiger partial charge in [-0.2, -0.15) is 0 Å². The fourth-order valence-electron chi connectivity index (χ4n) is 2.95. The van der Waals surface area contributed by atoms with Crippen LogP contribution in [0.5, 0.6) is 11.5 Å². The molecule has 148 valence electrons. The Kier molecular flexibility index (Phi) is 5.32. The van der Waals surface area contributed by atoms with E-state index < -0.39 is 0 Å². The van der Waals surface area contributed by atoms with E-state index in [1.807, 2.05) is 22.9 Å². The molecule has 0 saturated heterocycles.